The number of nitrogens with zero attached hydrogens (tertiary/aromatic N) is 1. The topological polar surface area (TPSA) is 80.0 Å². The Morgan fingerprint density at radius 1 is 1.03 bits per heavy atom. The first-order valence-electron chi connectivity index (χ1n) is 12.9. The molecule has 3 aromatic rings. The van der Waals surface area contributed by atoms with Crippen molar-refractivity contribution in [3.63, 3.8) is 0 Å². The van der Waals surface area contributed by atoms with Crippen molar-refractivity contribution in [2.45, 2.75) is 51.5 Å². The Kier molecular flexibility index (Phi) is 8.12. The number of carbonyl (C=O) groups excluding carboxylic acids is 1. The number of carboxylic acid groups (broad SMARTS) is 1. The lowest BCUT2D eigenvalue weighted by molar-refractivity contribution is -0.137. The summed E-state index contributed by atoms with van der Waals surface area (Å²) in [6.07, 6.45) is 7.14. The van der Waals surface area contributed by atoms with Gasteiger partial charge < -0.3 is 19.2 Å². The molecule has 6 nitrogen and oxygen atoms in total. The molecule has 184 valence electrons. The number of rotatable bonds is 14. The van der Waals surface area contributed by atoms with Crippen molar-refractivity contribution in [1.29, 1.82) is 0 Å². The normalized spacial score (nSPS) is 14.2. The van der Waals surface area contributed by atoms with E-state index in [4.69, 9.17) is 15.6 Å². The van der Waals surface area contributed by atoms with Crippen LogP contribution in [0.2, 0.25) is 0 Å². The van der Waals surface area contributed by atoms with Crippen LogP contribution in [0.3, 0.4) is 0 Å². The van der Waals surface area contributed by atoms with Gasteiger partial charge in [0.1, 0.15) is 11.5 Å². The summed E-state index contributed by atoms with van der Waals surface area (Å²) < 4.78 is 20.5. The third kappa shape index (κ3) is 7.47. The molecule has 35 heavy (non-hydrogen) atoms. The smallest absolute Gasteiger partial charge is 0.303 e. The van der Waals surface area contributed by atoms with E-state index >= 15 is 0 Å². The minimum atomic E-state index is -0.899. The Hall–Kier alpha value is -3.54. The first-order chi connectivity index (χ1) is 17.5. The summed E-state index contributed by atoms with van der Waals surface area (Å²) in [5, 5.41) is 8.77. The predicted octanol–water partition coefficient (Wildman–Crippen LogP) is 6.41. The molecule has 6 heteroatoms. The second kappa shape index (κ2) is 12.2. The zero-order chi connectivity index (χ0) is 25.3. The van der Waals surface area contributed by atoms with Gasteiger partial charge in [0.2, 0.25) is 0 Å². The Morgan fingerprint density at radius 3 is 2.54 bits per heavy atom. The molecule has 1 atom stereocenters. The Balaban J connectivity index is 1.46. The highest BCUT2D eigenvalue weighted by Gasteiger charge is 2.25. The van der Waals surface area contributed by atoms with Crippen LogP contribution in [-0.4, -0.2) is 35.0 Å². The molecule has 1 aliphatic rings. The number of aliphatic carboxylic acids is 1. The molecule has 1 saturated carbocycles. The molecule has 0 bridgehead atoms. The van der Waals surface area contributed by atoms with Crippen LogP contribution in [0.5, 0.6) is 5.75 Å². The second-order valence-corrected chi connectivity index (χ2v) is 9.01. The van der Waals surface area contributed by atoms with Crippen LogP contribution in [0.15, 0.2) is 71.3 Å². The molecule has 1 aliphatic carbocycles. The average molecular weight is 477 g/mol. The van der Waals surface area contributed by atoms with Gasteiger partial charge in [-0.25, -0.2) is 0 Å². The third-order valence-corrected chi connectivity index (χ3v) is 6.18. The first-order valence-corrected chi connectivity index (χ1v) is 12.3. The van der Waals surface area contributed by atoms with Gasteiger partial charge in [0.05, 0.1) is 14.2 Å². The number of para-hydroxylation sites is 1. The first kappa shape index (κ1) is 23.2. The van der Waals surface area contributed by atoms with E-state index in [2.05, 4.69) is 0 Å². The molecule has 1 fully saturated rings. The molecule has 1 N–H and O–H groups in total. The van der Waals surface area contributed by atoms with E-state index in [9.17, 15) is 9.59 Å². The molecule has 1 unspecified atom stereocenters. The lowest BCUT2D eigenvalue weighted by Gasteiger charge is -2.24. The summed E-state index contributed by atoms with van der Waals surface area (Å²) in [6.45, 7) is 0.0542. The number of hydrogen-bond donors (Lipinski definition) is 1. The van der Waals surface area contributed by atoms with Crippen LogP contribution in [0.4, 0.5) is 0 Å². The van der Waals surface area contributed by atoms with Gasteiger partial charge in [-0.15, -0.1) is 0 Å². The van der Waals surface area contributed by atoms with Crippen LogP contribution < -0.4 is 4.74 Å². The summed E-state index contributed by atoms with van der Waals surface area (Å²) in [5.74, 6) is 1.00. The molecule has 1 heterocycles. The second-order valence-electron chi connectivity index (χ2n) is 9.01. The van der Waals surface area contributed by atoms with Crippen LogP contribution in [-0.2, 0) is 11.3 Å². The lowest BCUT2D eigenvalue weighted by atomic mass is 10.1. The van der Waals surface area contributed by atoms with Gasteiger partial charge in [-0.05, 0) is 61.9 Å². The molecular weight excluding hydrogens is 442 g/mol. The van der Waals surface area contributed by atoms with Crippen molar-refractivity contribution in [2.24, 2.45) is 5.92 Å². The van der Waals surface area contributed by atoms with Gasteiger partial charge in [0.15, 0.2) is 0 Å². The maximum Gasteiger partial charge on any atom is 0.303 e. The third-order valence-electron chi connectivity index (χ3n) is 6.18. The minimum absolute atomic E-state index is 0.159. The minimum Gasteiger partial charge on any atom is -0.493 e. The van der Waals surface area contributed by atoms with Crippen LogP contribution >= 0.6 is 0 Å². The van der Waals surface area contributed by atoms with Crippen LogP contribution in [0.25, 0.3) is 11.3 Å². The predicted molar refractivity (Wildman–Crippen MR) is 134 cm³/mol. The van der Waals surface area contributed by atoms with Crippen molar-refractivity contribution in [3.05, 3.63) is 78.1 Å². The number of carboxylic acids is 1. The monoisotopic (exact) mass is 476 g/mol. The van der Waals surface area contributed by atoms with E-state index in [1.54, 1.807) is 23.3 Å². The van der Waals surface area contributed by atoms with E-state index in [-0.39, 0.29) is 12.3 Å². The number of ether oxygens (including phenoxy) is 1. The van der Waals surface area contributed by atoms with Gasteiger partial charge in [0, 0.05) is 36.2 Å². The lowest BCUT2D eigenvalue weighted by Crippen LogP contribution is -2.32. The standard InChI is InChI=1S/C29H33NO5/c31-28(32)10-2-1-5-19-34-27-8-4-3-7-25(27)21-30(18-17-22-11-12-22)29(33)24-15-13-23(14-16-24)26-9-6-20-35-26/h3-4,6-9,13-16,20,22H,1-2,5,10-12,17-19,21H2,(H,31,32)/i21D. The Bertz CT molecular complexity index is 1120. The van der Waals surface area contributed by atoms with Gasteiger partial charge in [0.25, 0.3) is 5.91 Å². The number of benzene rings is 2. The molecular formula is C29H33NO5. The van der Waals surface area contributed by atoms with Crippen molar-refractivity contribution in [3.8, 4) is 17.1 Å². The molecule has 1 amide bonds. The van der Waals surface area contributed by atoms with Crippen molar-refractivity contribution in [1.82, 2.24) is 4.90 Å². The Morgan fingerprint density at radius 2 is 1.83 bits per heavy atom. The van der Waals surface area contributed by atoms with Gasteiger partial charge in [-0.1, -0.05) is 43.2 Å². The molecule has 4 rings (SSSR count). The van der Waals surface area contributed by atoms with Gasteiger partial charge >= 0.3 is 5.97 Å². The zero-order valence-corrected chi connectivity index (χ0v) is 19.9. The number of amides is 1. The highest BCUT2D eigenvalue weighted by molar-refractivity contribution is 5.94. The molecule has 0 radical (unpaired) electrons. The molecule has 0 saturated heterocycles. The largest absolute Gasteiger partial charge is 0.493 e. The van der Waals surface area contributed by atoms with E-state index in [1.807, 2.05) is 48.5 Å². The summed E-state index contributed by atoms with van der Waals surface area (Å²) in [7, 11) is 0. The summed E-state index contributed by atoms with van der Waals surface area (Å²) >= 11 is 0. The number of hydrogen-bond acceptors (Lipinski definition) is 4. The quantitative estimate of drug-likeness (QED) is 0.272. The number of unbranched alkanes of at least 4 members (excludes halogenated alkanes) is 2. The fraction of sp³-hybridized carbons (Fsp3) is 0.379. The van der Waals surface area contributed by atoms with Crippen molar-refractivity contribution >= 4 is 11.9 Å². The molecule has 2 aromatic carbocycles. The number of furan rings is 1. The number of carbonyl (C=O) groups is 2. The van der Waals surface area contributed by atoms with Crippen molar-refractivity contribution in [2.75, 3.05) is 13.2 Å². The SMILES string of the molecule is [2H]C(c1ccccc1OCCCCCC(=O)O)N(CCC1CC1)C(=O)c1ccc(-c2ccco2)cc1. The van der Waals surface area contributed by atoms with Crippen LogP contribution in [0, 0.1) is 5.92 Å². The van der Waals surface area contributed by atoms with E-state index < -0.39 is 12.5 Å². The van der Waals surface area contributed by atoms with Gasteiger partial charge in [-0.2, -0.15) is 0 Å². The van der Waals surface area contributed by atoms with Crippen molar-refractivity contribution < 1.29 is 25.2 Å². The summed E-state index contributed by atoms with van der Waals surface area (Å²) in [6, 6.07) is 18.4. The highest BCUT2D eigenvalue weighted by Crippen LogP contribution is 2.33. The maximum absolute atomic E-state index is 13.6. The summed E-state index contributed by atoms with van der Waals surface area (Å²) in [5.41, 5.74) is 2.08. The molecule has 0 aliphatic heterocycles. The molecule has 1 aromatic heterocycles. The highest BCUT2D eigenvalue weighted by atomic mass is 16.5. The average Bonchev–Trinajstić information content (AvgIpc) is 3.55. The molecule has 0 spiro atoms. The van der Waals surface area contributed by atoms with E-state index in [0.29, 0.717) is 42.4 Å². The summed E-state index contributed by atoms with van der Waals surface area (Å²) in [4.78, 5) is 25.9. The zero-order valence-electron chi connectivity index (χ0n) is 20.9. The van der Waals surface area contributed by atoms with E-state index in [0.717, 1.165) is 30.6 Å². The fourth-order valence-corrected chi connectivity index (χ4v) is 3.96. The fourth-order valence-electron chi connectivity index (χ4n) is 3.96. The van der Waals surface area contributed by atoms with Gasteiger partial charge in [-0.3, -0.25) is 9.59 Å². The Labute approximate surface area is 207 Å². The van der Waals surface area contributed by atoms with Crippen LogP contribution in [0.1, 0.15) is 62.2 Å². The van der Waals surface area contributed by atoms with E-state index in [1.165, 1.54) is 12.8 Å². The maximum atomic E-state index is 13.6.